The molecule has 0 bridgehead atoms. The van der Waals surface area contributed by atoms with Crippen LogP contribution in [0.5, 0.6) is 0 Å². The summed E-state index contributed by atoms with van der Waals surface area (Å²) in [7, 11) is -8.74. The van der Waals surface area contributed by atoms with Crippen molar-refractivity contribution >= 4 is 77.2 Å². The summed E-state index contributed by atoms with van der Waals surface area (Å²) in [4.78, 5) is 38.5. The quantitative estimate of drug-likeness (QED) is 0.0213. The molecule has 22 nitrogen and oxygen atoms in total. The highest BCUT2D eigenvalue weighted by Gasteiger charge is 2.55. The molecule has 2 aromatic carbocycles. The number of esters is 2. The molecule has 10 saturated heterocycles. The zero-order chi connectivity index (χ0) is 105. The van der Waals surface area contributed by atoms with Gasteiger partial charge in [-0.05, 0) is 257 Å². The van der Waals surface area contributed by atoms with Gasteiger partial charge in [-0.15, -0.1) is 23.2 Å². The number of fused-ring (bicyclic) bond motifs is 2. The Morgan fingerprint density at radius 2 is 0.853 bits per heavy atom. The summed E-state index contributed by atoms with van der Waals surface area (Å²) < 4.78 is 146. The third kappa shape index (κ3) is 33.0. The Labute approximate surface area is 874 Å². The summed E-state index contributed by atoms with van der Waals surface area (Å²) in [5.74, 6) is 1.47. The number of sulfone groups is 2. The fourth-order valence-corrected chi connectivity index (χ4v) is 28.8. The van der Waals surface area contributed by atoms with Crippen molar-refractivity contribution in [1.82, 2.24) is 0 Å². The fourth-order valence-electron chi connectivity index (χ4n) is 22.8. The SMILES string of the molecule is C=C1C[C@H](CCC(=O)/C=C/[C@H](O[Si](C)(C)C(C)(C)C)[C@@H]2OC3CCC(CC(=O)OC)OC3[C@H](C)[C@@H]2C)OC1CCC1C[C@@H](C)C(=C)[C@@H](CC2O[C@H](C[C@H](C)CC)[C@H](C)[C@H]2CS(=O)(=O)c2ccccc2)O1.C=C1C[C@H](CCC(O)/C=C/[C@H](O[Si](C)(C)C(C)(C)C)[C@@H]2OC3CCC(CC(=O)OC)OC3[C@H](C)[C@@H]2C)OC1CCC1C[C@@H](C)C(=C)[C@@H](CC2O[C@H](C[C@H](C)CC)[C@H](C)[C@H]2CS(=O)(=O)c2ccccc2)O1.ClCCl. The van der Waals surface area contributed by atoms with E-state index in [0.29, 0.717) is 60.2 Å². The molecule has 0 aliphatic carbocycles. The Bertz CT molecular complexity index is 4690. The third-order valence-corrected chi connectivity index (χ3v) is 47.7. The molecule has 0 amide bonds. The monoisotopic (exact) mass is 2110 g/mol. The smallest absolute Gasteiger partial charge is 0.308 e. The number of carbonyl (C=O) groups excluding carboxylic acids is 3. The van der Waals surface area contributed by atoms with E-state index in [1.165, 1.54) is 14.2 Å². The van der Waals surface area contributed by atoms with Gasteiger partial charge < -0.3 is 70.8 Å². The number of carbonyl (C=O) groups is 3. The predicted molar refractivity (Wildman–Crippen MR) is 575 cm³/mol. The van der Waals surface area contributed by atoms with Gasteiger partial charge in [-0.1, -0.05) is 218 Å². The van der Waals surface area contributed by atoms with Gasteiger partial charge >= 0.3 is 11.9 Å². The molecule has 0 radical (unpaired) electrons. The lowest BCUT2D eigenvalue weighted by atomic mass is 9.77. The van der Waals surface area contributed by atoms with Crippen LogP contribution in [0.4, 0.5) is 0 Å². The predicted octanol–water partition coefficient (Wildman–Crippen LogP) is 24.4. The van der Waals surface area contributed by atoms with Crippen molar-refractivity contribution in [3.8, 4) is 0 Å². The Morgan fingerprint density at radius 3 is 1.23 bits per heavy atom. The van der Waals surface area contributed by atoms with Gasteiger partial charge in [0.05, 0.1) is 194 Å². The van der Waals surface area contributed by atoms with Crippen LogP contribution >= 0.6 is 23.2 Å². The summed E-state index contributed by atoms with van der Waals surface area (Å²) in [6.07, 6.45) is 20.8. The number of methoxy groups -OCH3 is 2. The van der Waals surface area contributed by atoms with Crippen molar-refractivity contribution in [2.45, 2.75) is 465 Å². The van der Waals surface area contributed by atoms with Crippen molar-refractivity contribution in [2.24, 2.45) is 71.0 Å². The molecule has 810 valence electrons. The van der Waals surface area contributed by atoms with Crippen molar-refractivity contribution in [2.75, 3.05) is 31.1 Å². The first-order chi connectivity index (χ1) is 67.2. The molecular weight excluding hydrogens is 1920 g/mol. The molecule has 28 heteroatoms. The molecule has 10 fully saturated rings. The maximum Gasteiger partial charge on any atom is 0.308 e. The second-order valence-corrected chi connectivity index (χ2v) is 61.9. The van der Waals surface area contributed by atoms with Crippen molar-refractivity contribution in [3.05, 3.63) is 134 Å². The number of ether oxygens (including phenoxy) is 12. The van der Waals surface area contributed by atoms with E-state index in [2.05, 4.69) is 177 Å². The van der Waals surface area contributed by atoms with E-state index >= 15 is 0 Å². The highest BCUT2D eigenvalue weighted by molar-refractivity contribution is 7.91. The van der Waals surface area contributed by atoms with Crippen LogP contribution in [0.3, 0.4) is 0 Å². The van der Waals surface area contributed by atoms with Crippen molar-refractivity contribution in [3.63, 3.8) is 0 Å². The molecule has 10 heterocycles. The Hall–Kier alpha value is -4.12. The fraction of sp³-hybridized carbons (Fsp3) is 0.765. The number of aliphatic hydroxyl groups is 1. The van der Waals surface area contributed by atoms with Gasteiger partial charge in [0.15, 0.2) is 42.1 Å². The summed E-state index contributed by atoms with van der Waals surface area (Å²) in [5, 5.41) is 11.6. The molecule has 0 saturated carbocycles. The number of benzene rings is 2. The number of allylic oxidation sites excluding steroid dienone is 1. The minimum Gasteiger partial charge on any atom is -0.469 e. The lowest BCUT2D eigenvalue weighted by Gasteiger charge is -2.51. The third-order valence-electron chi connectivity index (χ3n) is 35.1. The maximum absolute atomic E-state index is 13.8. The zero-order valence-electron chi connectivity index (χ0n) is 91.3. The van der Waals surface area contributed by atoms with Gasteiger partial charge in [0.1, 0.15) is 0 Å². The highest BCUT2D eigenvalue weighted by atomic mass is 35.5. The number of hydrogen-bond donors (Lipinski definition) is 1. The van der Waals surface area contributed by atoms with Crippen LogP contribution in [0.15, 0.2) is 143 Å². The summed E-state index contributed by atoms with van der Waals surface area (Å²) in [5.41, 5.74) is 4.26. The van der Waals surface area contributed by atoms with Crippen LogP contribution in [-0.2, 0) is 99.8 Å². The summed E-state index contributed by atoms with van der Waals surface area (Å²) in [6, 6.07) is 17.6. The first-order valence-corrected chi connectivity index (χ1v) is 64.4. The molecule has 13 unspecified atom stereocenters. The molecule has 10 aliphatic heterocycles. The Morgan fingerprint density at radius 1 is 0.476 bits per heavy atom. The molecule has 12 rings (SSSR count). The van der Waals surface area contributed by atoms with Gasteiger partial charge in [-0.25, -0.2) is 16.8 Å². The first-order valence-electron chi connectivity index (χ1n) is 54.2. The first kappa shape index (κ1) is 121. The lowest BCUT2D eigenvalue weighted by Crippen LogP contribution is -2.58. The van der Waals surface area contributed by atoms with Crippen molar-refractivity contribution in [1.29, 1.82) is 0 Å². The second-order valence-electron chi connectivity index (χ2n) is 47.5. The van der Waals surface area contributed by atoms with E-state index in [9.17, 15) is 36.3 Å². The summed E-state index contributed by atoms with van der Waals surface area (Å²) in [6.45, 7) is 66.7. The number of rotatable bonds is 42. The number of aliphatic hydroxyl groups excluding tert-OH is 1. The van der Waals surface area contributed by atoms with Gasteiger partial charge in [-0.3, -0.25) is 14.4 Å². The molecule has 35 atom stereocenters. The number of ketones is 1. The number of hydrogen-bond acceptors (Lipinski definition) is 22. The average molecular weight is 2110 g/mol. The number of alkyl halides is 2. The molecule has 2 aromatic rings. The molecule has 10 aliphatic rings. The largest absolute Gasteiger partial charge is 0.469 e. The van der Waals surface area contributed by atoms with Crippen LogP contribution in [0.25, 0.3) is 0 Å². The van der Waals surface area contributed by atoms with Crippen molar-refractivity contribution < 1.29 is 102 Å². The van der Waals surface area contributed by atoms with Crippen LogP contribution in [0.1, 0.15) is 279 Å². The zero-order valence-corrected chi connectivity index (χ0v) is 96.4. The minimum atomic E-state index is -3.52. The molecule has 143 heavy (non-hydrogen) atoms. The van der Waals surface area contributed by atoms with E-state index < -0.39 is 48.5 Å². The van der Waals surface area contributed by atoms with E-state index in [1.54, 1.807) is 54.6 Å². The molecular formula is C115H184Cl2O22S2Si2. The molecule has 1 N–H and O–H groups in total. The topological polar surface area (TPSA) is 269 Å². The van der Waals surface area contributed by atoms with E-state index in [4.69, 9.17) is 88.9 Å². The van der Waals surface area contributed by atoms with Crippen LogP contribution in [0, 0.1) is 71.0 Å². The summed E-state index contributed by atoms with van der Waals surface area (Å²) >= 11 is 9.53. The van der Waals surface area contributed by atoms with E-state index in [0.717, 1.165) is 125 Å². The van der Waals surface area contributed by atoms with Crippen LogP contribution < -0.4 is 0 Å². The van der Waals surface area contributed by atoms with Crippen LogP contribution in [0.2, 0.25) is 36.3 Å². The Balaban J connectivity index is 0.000000286. The van der Waals surface area contributed by atoms with Gasteiger partial charge in [0, 0.05) is 31.1 Å². The van der Waals surface area contributed by atoms with Gasteiger partial charge in [-0.2, -0.15) is 0 Å². The maximum atomic E-state index is 13.8. The number of halogens is 2. The highest BCUT2D eigenvalue weighted by Crippen LogP contribution is 2.51. The normalized spacial score (nSPS) is 34.8. The molecule has 0 aromatic heterocycles. The second kappa shape index (κ2) is 53.9. The Kier molecular flexibility index (Phi) is 45.5. The molecule has 0 spiro atoms. The van der Waals surface area contributed by atoms with Crippen LogP contribution in [-0.4, -0.2) is 228 Å². The standard InChI is InChI=1S/C57H92O11SSi.C57H90O11SSi.CH2Cl2/c2*1-15-35(2)29-51-41(8)47(34-69(60,61)46-19-17-16-18-20-46)53(66-51)33-52-38(5)36(3)30-44(64-52)24-27-48-37(4)31-43(63-48)23-21-42(58)22-26-50(68-70(13,14)57(9,10)11)56-40(7)39(6)55-49(67-56)28-25-45(65-55)32-54(59)62-12;2-1-3/h16-20,22,26,35-36,39-45,47-53,55-56,58H,4-5,15,21,23-25,27-34H2,1-3,6-14H3;16-20,22,26,35-36,39-41,43-45,47-53,55-56H,4-5,15,21,23-25,27-34H2,1-3,6-14H3;1H2/b2*26-22+;/t35-,36-,39-,40+,41-,42?,43+,44?,45?,47-,48?,49?,50+,51-,52-,53?,55?,56-;35-,36-,39-,40+,41-,43+,44?,45?,47-,48?,49?,50+,51-,52-,53?,55?,56-;/m11./s1. The average Bonchev–Trinajstić information content (AvgIpc) is 1.75. The van der Waals surface area contributed by atoms with Gasteiger partial charge in [0.2, 0.25) is 0 Å². The van der Waals surface area contributed by atoms with E-state index in [-0.39, 0.29) is 245 Å². The minimum absolute atomic E-state index is 0.00364. The lowest BCUT2D eigenvalue weighted by molar-refractivity contribution is -0.238. The van der Waals surface area contributed by atoms with Gasteiger partial charge in [0.25, 0.3) is 0 Å². The van der Waals surface area contributed by atoms with E-state index in [1.807, 2.05) is 30.4 Å².